The Labute approximate surface area is 171 Å². The van der Waals surface area contributed by atoms with Crippen LogP contribution in [0.1, 0.15) is 79.6 Å². The van der Waals surface area contributed by atoms with E-state index in [0.717, 1.165) is 31.1 Å². The van der Waals surface area contributed by atoms with Gasteiger partial charge in [-0.3, -0.25) is 4.79 Å². The molecule has 3 heteroatoms. The van der Waals surface area contributed by atoms with Gasteiger partial charge in [0, 0.05) is 12.3 Å². The van der Waals surface area contributed by atoms with Crippen LogP contribution in [-0.2, 0) is 9.53 Å². The second kappa shape index (κ2) is 7.15. The van der Waals surface area contributed by atoms with Gasteiger partial charge in [0.1, 0.15) is 6.10 Å². The van der Waals surface area contributed by atoms with Crippen LogP contribution in [0.25, 0.3) is 0 Å². The standard InChI is InChI=1S/C25H40O3/c1-6-7-17-13-22(28-16(3)26)24(4)11-10-21-20(23(17)24)9-8-18-14-19(27)12-15(2)25(18,21)5/h6-7,15,17-23,27H,8-14H2,1-5H3/t15?,17?,18?,19?,20-,21-,22?,23+,24-,25+/m1/s1. The molecule has 0 heterocycles. The number of hydrogen-bond acceptors (Lipinski definition) is 3. The minimum Gasteiger partial charge on any atom is -0.462 e. The molecule has 158 valence electrons. The largest absolute Gasteiger partial charge is 0.462 e. The maximum atomic E-state index is 11.8. The predicted octanol–water partition coefficient (Wildman–Crippen LogP) is 5.37. The van der Waals surface area contributed by atoms with Crippen molar-refractivity contribution in [3.05, 3.63) is 12.2 Å². The molecule has 4 fully saturated rings. The zero-order valence-corrected chi connectivity index (χ0v) is 18.5. The van der Waals surface area contributed by atoms with Crippen molar-refractivity contribution in [2.24, 2.45) is 46.3 Å². The summed E-state index contributed by atoms with van der Waals surface area (Å²) in [7, 11) is 0. The van der Waals surface area contributed by atoms with Gasteiger partial charge >= 0.3 is 5.97 Å². The first-order chi connectivity index (χ1) is 13.2. The van der Waals surface area contributed by atoms with Crippen molar-refractivity contribution in [3.63, 3.8) is 0 Å². The first-order valence-corrected chi connectivity index (χ1v) is 11.7. The third kappa shape index (κ3) is 2.90. The summed E-state index contributed by atoms with van der Waals surface area (Å²) in [6.07, 6.45) is 12.5. The van der Waals surface area contributed by atoms with Crippen LogP contribution in [0, 0.1) is 46.3 Å². The minimum absolute atomic E-state index is 0.0632. The van der Waals surface area contributed by atoms with Gasteiger partial charge in [0.15, 0.2) is 0 Å². The van der Waals surface area contributed by atoms with Gasteiger partial charge in [-0.2, -0.15) is 0 Å². The van der Waals surface area contributed by atoms with E-state index in [1.54, 1.807) is 6.92 Å². The lowest BCUT2D eigenvalue weighted by Gasteiger charge is -2.63. The molecule has 0 aromatic carbocycles. The monoisotopic (exact) mass is 388 g/mol. The summed E-state index contributed by atoms with van der Waals surface area (Å²) in [6.45, 7) is 11.0. The van der Waals surface area contributed by atoms with Gasteiger partial charge in [0.25, 0.3) is 0 Å². The van der Waals surface area contributed by atoms with Crippen molar-refractivity contribution in [2.45, 2.75) is 91.8 Å². The summed E-state index contributed by atoms with van der Waals surface area (Å²) in [5.41, 5.74) is 0.459. The van der Waals surface area contributed by atoms with E-state index in [1.807, 2.05) is 0 Å². The van der Waals surface area contributed by atoms with Gasteiger partial charge in [-0.05, 0) is 92.8 Å². The molecular formula is C25H40O3. The Morgan fingerprint density at radius 3 is 2.57 bits per heavy atom. The van der Waals surface area contributed by atoms with Crippen LogP contribution in [0.5, 0.6) is 0 Å². The number of ether oxygens (including phenoxy) is 1. The van der Waals surface area contributed by atoms with Crippen LogP contribution >= 0.6 is 0 Å². The molecule has 28 heavy (non-hydrogen) atoms. The number of fused-ring (bicyclic) bond motifs is 5. The van der Waals surface area contributed by atoms with Crippen molar-refractivity contribution in [3.8, 4) is 0 Å². The second-order valence-corrected chi connectivity index (χ2v) is 11.0. The molecule has 4 aliphatic carbocycles. The van der Waals surface area contributed by atoms with Crippen LogP contribution in [0.4, 0.5) is 0 Å². The minimum atomic E-state index is -0.126. The van der Waals surface area contributed by atoms with E-state index in [9.17, 15) is 9.90 Å². The maximum absolute atomic E-state index is 11.8. The highest BCUT2D eigenvalue weighted by Crippen LogP contribution is 2.68. The van der Waals surface area contributed by atoms with Crippen LogP contribution in [-0.4, -0.2) is 23.3 Å². The maximum Gasteiger partial charge on any atom is 0.302 e. The van der Waals surface area contributed by atoms with Crippen molar-refractivity contribution in [2.75, 3.05) is 0 Å². The fraction of sp³-hybridized carbons (Fsp3) is 0.880. The summed E-state index contributed by atoms with van der Waals surface area (Å²) in [5, 5.41) is 10.4. The molecule has 1 N–H and O–H groups in total. The number of rotatable bonds is 2. The smallest absolute Gasteiger partial charge is 0.302 e. The number of hydrogen-bond donors (Lipinski definition) is 1. The van der Waals surface area contributed by atoms with Crippen LogP contribution in [0.3, 0.4) is 0 Å². The molecule has 10 atom stereocenters. The Hall–Kier alpha value is -0.830. The first-order valence-electron chi connectivity index (χ1n) is 11.7. The quantitative estimate of drug-likeness (QED) is 0.511. The molecule has 3 nitrogen and oxygen atoms in total. The molecule has 0 aromatic rings. The summed E-state index contributed by atoms with van der Waals surface area (Å²) < 4.78 is 5.90. The summed E-state index contributed by atoms with van der Waals surface area (Å²) >= 11 is 0. The number of allylic oxidation sites excluding steroid dienone is 2. The predicted molar refractivity (Wildman–Crippen MR) is 112 cm³/mol. The molecule has 4 rings (SSSR count). The molecular weight excluding hydrogens is 348 g/mol. The van der Waals surface area contributed by atoms with Crippen molar-refractivity contribution in [1.29, 1.82) is 0 Å². The highest BCUT2D eigenvalue weighted by molar-refractivity contribution is 5.66. The van der Waals surface area contributed by atoms with Crippen LogP contribution < -0.4 is 0 Å². The van der Waals surface area contributed by atoms with Gasteiger partial charge in [0.05, 0.1) is 6.10 Å². The van der Waals surface area contributed by atoms with E-state index < -0.39 is 0 Å². The Kier molecular flexibility index (Phi) is 5.22. The lowest BCUT2D eigenvalue weighted by Crippen LogP contribution is -2.57. The van der Waals surface area contributed by atoms with Gasteiger partial charge in [-0.1, -0.05) is 32.9 Å². The lowest BCUT2D eigenvalue weighted by molar-refractivity contribution is -0.172. The van der Waals surface area contributed by atoms with E-state index in [2.05, 4.69) is 39.8 Å². The molecule has 4 saturated carbocycles. The highest BCUT2D eigenvalue weighted by Gasteiger charge is 2.64. The first kappa shape index (κ1) is 20.4. The normalized spacial score (nSPS) is 53.4. The zero-order valence-electron chi connectivity index (χ0n) is 18.5. The Morgan fingerprint density at radius 1 is 1.14 bits per heavy atom. The van der Waals surface area contributed by atoms with E-state index in [0.29, 0.717) is 29.1 Å². The summed E-state index contributed by atoms with van der Waals surface area (Å²) in [6, 6.07) is 0. The summed E-state index contributed by atoms with van der Waals surface area (Å²) in [4.78, 5) is 11.8. The fourth-order valence-corrected chi connectivity index (χ4v) is 8.65. The van der Waals surface area contributed by atoms with E-state index >= 15 is 0 Å². The highest BCUT2D eigenvalue weighted by atomic mass is 16.5. The Bertz CT molecular complexity index is 642. The molecule has 0 radical (unpaired) electrons. The molecule has 5 unspecified atom stereocenters. The van der Waals surface area contributed by atoms with Gasteiger partial charge < -0.3 is 9.84 Å². The number of carbonyl (C=O) groups excluding carboxylic acids is 1. The molecule has 0 aliphatic heterocycles. The summed E-state index contributed by atoms with van der Waals surface area (Å²) in [5.74, 6) is 3.74. The van der Waals surface area contributed by atoms with Gasteiger partial charge in [0.2, 0.25) is 0 Å². The van der Waals surface area contributed by atoms with Crippen LogP contribution in [0.15, 0.2) is 12.2 Å². The molecule has 0 saturated heterocycles. The van der Waals surface area contributed by atoms with Crippen LogP contribution in [0.2, 0.25) is 0 Å². The lowest BCUT2D eigenvalue weighted by atomic mass is 9.42. The van der Waals surface area contributed by atoms with Crippen molar-refractivity contribution < 1.29 is 14.6 Å². The molecule has 0 aromatic heterocycles. The number of aliphatic hydroxyl groups is 1. The SMILES string of the molecule is CC=CC1CC(OC(C)=O)[C@@]2(C)CC[C@@H]3[C@@H](CCC4CC(O)CC(C)[C@@]43C)[C@H]12. The van der Waals surface area contributed by atoms with Crippen molar-refractivity contribution in [1.82, 2.24) is 0 Å². The topological polar surface area (TPSA) is 46.5 Å². The Morgan fingerprint density at radius 2 is 1.89 bits per heavy atom. The second-order valence-electron chi connectivity index (χ2n) is 11.0. The third-order valence-electron chi connectivity index (χ3n) is 9.94. The Balaban J connectivity index is 1.68. The zero-order chi connectivity index (χ0) is 20.3. The fourth-order valence-electron chi connectivity index (χ4n) is 8.65. The van der Waals surface area contributed by atoms with E-state index in [-0.39, 0.29) is 23.6 Å². The molecule has 0 amide bonds. The van der Waals surface area contributed by atoms with E-state index in [4.69, 9.17) is 4.74 Å². The third-order valence-corrected chi connectivity index (χ3v) is 9.94. The average molecular weight is 389 g/mol. The molecule has 4 aliphatic rings. The van der Waals surface area contributed by atoms with Gasteiger partial charge in [-0.15, -0.1) is 0 Å². The number of aliphatic hydroxyl groups excluding tert-OH is 1. The van der Waals surface area contributed by atoms with E-state index in [1.165, 1.54) is 25.7 Å². The number of esters is 1. The average Bonchev–Trinajstić information content (AvgIpc) is 2.88. The molecule has 0 bridgehead atoms. The number of carbonyl (C=O) groups is 1. The van der Waals surface area contributed by atoms with Gasteiger partial charge in [-0.25, -0.2) is 0 Å². The molecule has 0 spiro atoms. The van der Waals surface area contributed by atoms with Crippen molar-refractivity contribution >= 4 is 5.97 Å².